The van der Waals surface area contributed by atoms with Gasteiger partial charge in [-0.05, 0) is 47.4 Å². The van der Waals surface area contributed by atoms with Crippen molar-refractivity contribution in [2.45, 2.75) is 39.5 Å². The van der Waals surface area contributed by atoms with Crippen molar-refractivity contribution in [3.05, 3.63) is 50.9 Å². The van der Waals surface area contributed by atoms with Gasteiger partial charge in [0.15, 0.2) is 17.3 Å². The summed E-state index contributed by atoms with van der Waals surface area (Å²) in [6.45, 7) is 6.70. The molecule has 0 saturated carbocycles. The van der Waals surface area contributed by atoms with Crippen molar-refractivity contribution in [2.24, 2.45) is 5.41 Å². The zero-order valence-corrected chi connectivity index (χ0v) is 16.0. The van der Waals surface area contributed by atoms with Crippen LogP contribution in [0.3, 0.4) is 0 Å². The molecule has 0 fully saturated rings. The van der Waals surface area contributed by atoms with E-state index in [1.165, 1.54) is 10.4 Å². The molecule has 1 unspecified atom stereocenters. The van der Waals surface area contributed by atoms with Gasteiger partial charge in [-0.2, -0.15) is 0 Å². The molecule has 2 aromatic rings. The Labute approximate surface area is 156 Å². The van der Waals surface area contributed by atoms with Crippen LogP contribution in [-0.4, -0.2) is 12.6 Å². The fraction of sp³-hybridized carbons (Fsp3) is 0.381. The summed E-state index contributed by atoms with van der Waals surface area (Å²) in [5.41, 5.74) is 5.33. The topological polar surface area (TPSA) is 47.6 Å². The highest BCUT2D eigenvalue weighted by Gasteiger charge is 2.42. The molecule has 134 valence electrons. The highest BCUT2D eigenvalue weighted by atomic mass is 32.1. The second kappa shape index (κ2) is 5.36. The third-order valence-corrected chi connectivity index (χ3v) is 6.60. The van der Waals surface area contributed by atoms with Crippen molar-refractivity contribution < 1.29 is 14.3 Å². The van der Waals surface area contributed by atoms with Crippen molar-refractivity contribution in [3.8, 4) is 11.5 Å². The maximum Gasteiger partial charge on any atom is 0.231 e. The normalized spacial score (nSPS) is 22.7. The average Bonchev–Trinajstić information content (AvgIpc) is 3.18. The number of Topliss-reactive ketones (excluding diaryl/α,β-unsaturated/α-hetero) is 1. The van der Waals surface area contributed by atoms with Crippen molar-refractivity contribution in [3.63, 3.8) is 0 Å². The molecular weight excluding hydrogens is 346 g/mol. The minimum absolute atomic E-state index is 0.0220. The van der Waals surface area contributed by atoms with Crippen molar-refractivity contribution in [2.75, 3.05) is 12.1 Å². The van der Waals surface area contributed by atoms with Gasteiger partial charge >= 0.3 is 0 Å². The molecule has 1 N–H and O–H groups in total. The van der Waals surface area contributed by atoms with Gasteiger partial charge in [0.2, 0.25) is 6.79 Å². The Morgan fingerprint density at radius 3 is 2.69 bits per heavy atom. The van der Waals surface area contributed by atoms with Gasteiger partial charge in [-0.25, -0.2) is 0 Å². The average molecular weight is 367 g/mol. The van der Waals surface area contributed by atoms with Gasteiger partial charge in [-0.3, -0.25) is 4.79 Å². The molecule has 1 aromatic carbocycles. The van der Waals surface area contributed by atoms with Gasteiger partial charge in [0.05, 0.1) is 5.92 Å². The highest BCUT2D eigenvalue weighted by Crippen LogP contribution is 2.52. The molecule has 0 amide bonds. The first kappa shape index (κ1) is 15.9. The number of ether oxygens (including phenoxy) is 2. The Morgan fingerprint density at radius 1 is 1.19 bits per heavy atom. The van der Waals surface area contributed by atoms with E-state index in [4.69, 9.17) is 9.47 Å². The zero-order chi connectivity index (χ0) is 18.1. The summed E-state index contributed by atoms with van der Waals surface area (Å²) in [6, 6.07) is 6.20. The van der Waals surface area contributed by atoms with Crippen LogP contribution < -0.4 is 14.8 Å². The minimum Gasteiger partial charge on any atom is -0.454 e. The van der Waals surface area contributed by atoms with E-state index >= 15 is 0 Å². The first-order valence-corrected chi connectivity index (χ1v) is 9.82. The summed E-state index contributed by atoms with van der Waals surface area (Å²) >= 11 is 1.72. The summed E-state index contributed by atoms with van der Waals surface area (Å²) in [7, 11) is 0. The molecule has 3 aliphatic rings. The quantitative estimate of drug-likeness (QED) is 0.772. The maximum atomic E-state index is 13.2. The van der Waals surface area contributed by atoms with Crippen LogP contribution in [0.4, 0.5) is 5.69 Å². The van der Waals surface area contributed by atoms with Gasteiger partial charge in [-0.15, -0.1) is 11.3 Å². The van der Waals surface area contributed by atoms with Crippen LogP contribution >= 0.6 is 11.3 Å². The lowest BCUT2D eigenvalue weighted by molar-refractivity contribution is -0.118. The molecule has 0 bridgehead atoms. The fourth-order valence-corrected chi connectivity index (χ4v) is 5.41. The van der Waals surface area contributed by atoms with Crippen LogP contribution in [0.15, 0.2) is 34.8 Å². The second-order valence-electron chi connectivity index (χ2n) is 8.15. The van der Waals surface area contributed by atoms with E-state index in [9.17, 15) is 4.79 Å². The lowest BCUT2D eigenvalue weighted by Crippen LogP contribution is -2.33. The lowest BCUT2D eigenvalue weighted by Gasteiger charge is -2.39. The van der Waals surface area contributed by atoms with E-state index in [-0.39, 0.29) is 23.9 Å². The number of benzene rings is 1. The number of hydrogen-bond acceptors (Lipinski definition) is 5. The predicted molar refractivity (Wildman–Crippen MR) is 102 cm³/mol. The number of nitrogens with one attached hydrogen (secondary N) is 1. The number of allylic oxidation sites excluding steroid dienone is 2. The molecule has 3 heterocycles. The van der Waals surface area contributed by atoms with Crippen LogP contribution in [0.25, 0.3) is 0 Å². The van der Waals surface area contributed by atoms with Gasteiger partial charge in [0, 0.05) is 34.3 Å². The van der Waals surface area contributed by atoms with E-state index in [0.717, 1.165) is 40.4 Å². The van der Waals surface area contributed by atoms with Crippen LogP contribution in [-0.2, 0) is 4.79 Å². The summed E-state index contributed by atoms with van der Waals surface area (Å²) in [5.74, 6) is 1.75. The summed E-state index contributed by atoms with van der Waals surface area (Å²) in [5, 5.41) is 5.66. The lowest BCUT2D eigenvalue weighted by atomic mass is 9.69. The monoisotopic (exact) mass is 367 g/mol. The highest BCUT2D eigenvalue weighted by molar-refractivity contribution is 7.10. The zero-order valence-electron chi connectivity index (χ0n) is 15.1. The first-order chi connectivity index (χ1) is 12.4. The first-order valence-electron chi connectivity index (χ1n) is 8.94. The molecule has 5 heteroatoms. The summed E-state index contributed by atoms with van der Waals surface area (Å²) in [4.78, 5) is 14.4. The Morgan fingerprint density at radius 2 is 1.96 bits per heavy atom. The van der Waals surface area contributed by atoms with E-state index < -0.39 is 0 Å². The van der Waals surface area contributed by atoms with Gasteiger partial charge in [0.1, 0.15) is 0 Å². The molecule has 0 spiro atoms. The Kier molecular flexibility index (Phi) is 3.29. The Bertz CT molecular complexity index is 970. The number of ketones is 1. The SMILES string of the molecule is Cc1ccsc1C1C2=C(CC(C)(C)CC2=O)Nc2cc3c(cc21)OCO3. The molecule has 26 heavy (non-hydrogen) atoms. The van der Waals surface area contributed by atoms with Gasteiger partial charge < -0.3 is 14.8 Å². The molecule has 4 nitrogen and oxygen atoms in total. The molecular formula is C21H21NO3S. The van der Waals surface area contributed by atoms with E-state index in [1.54, 1.807) is 11.3 Å². The summed E-state index contributed by atoms with van der Waals surface area (Å²) < 4.78 is 11.2. The van der Waals surface area contributed by atoms with Crippen LogP contribution in [0.5, 0.6) is 11.5 Å². The third kappa shape index (κ3) is 2.30. The van der Waals surface area contributed by atoms with Crippen LogP contribution in [0.1, 0.15) is 48.6 Å². The molecule has 0 radical (unpaired) electrons. The standard InChI is InChI=1S/C21H21NO3S/c1-11-4-5-26-20(11)18-12-6-16-17(25-10-24-16)7-13(12)22-14-8-21(2,3)9-15(23)19(14)18/h4-7,18,22H,8-10H2,1-3H3. The molecule has 1 atom stereocenters. The Balaban J connectivity index is 1.75. The molecule has 5 rings (SSSR count). The van der Waals surface area contributed by atoms with E-state index in [1.807, 2.05) is 12.1 Å². The second-order valence-corrected chi connectivity index (χ2v) is 9.10. The largest absolute Gasteiger partial charge is 0.454 e. The number of carbonyl (C=O) groups excluding carboxylic acids is 1. The number of hydrogen-bond donors (Lipinski definition) is 1. The van der Waals surface area contributed by atoms with Crippen LogP contribution in [0, 0.1) is 12.3 Å². The fourth-order valence-electron chi connectivity index (χ4n) is 4.36. The molecule has 1 aromatic heterocycles. The number of rotatable bonds is 1. The third-order valence-electron chi connectivity index (χ3n) is 5.51. The number of anilines is 1. The van der Waals surface area contributed by atoms with Crippen molar-refractivity contribution >= 4 is 22.8 Å². The van der Waals surface area contributed by atoms with Crippen molar-refractivity contribution in [1.29, 1.82) is 0 Å². The minimum atomic E-state index is -0.0284. The molecule has 1 aliphatic carbocycles. The molecule has 0 saturated heterocycles. The Hall–Kier alpha value is -2.27. The number of fused-ring (bicyclic) bond motifs is 2. The number of carbonyl (C=O) groups is 1. The van der Waals surface area contributed by atoms with E-state index in [2.05, 4.69) is 37.5 Å². The molecule has 2 aliphatic heterocycles. The van der Waals surface area contributed by atoms with Crippen LogP contribution in [0.2, 0.25) is 0 Å². The maximum absolute atomic E-state index is 13.2. The van der Waals surface area contributed by atoms with Gasteiger partial charge in [-0.1, -0.05) is 13.8 Å². The number of thiophene rings is 1. The summed E-state index contributed by atoms with van der Waals surface area (Å²) in [6.07, 6.45) is 1.47. The van der Waals surface area contributed by atoms with E-state index in [0.29, 0.717) is 6.42 Å². The van der Waals surface area contributed by atoms with Gasteiger partial charge in [0.25, 0.3) is 0 Å². The number of aryl methyl sites for hydroxylation is 1. The smallest absolute Gasteiger partial charge is 0.231 e. The predicted octanol–water partition coefficient (Wildman–Crippen LogP) is 4.99. The van der Waals surface area contributed by atoms with Crippen molar-refractivity contribution in [1.82, 2.24) is 0 Å².